The number of carbonyl (C=O) groups is 1. The van der Waals surface area contributed by atoms with Gasteiger partial charge in [-0.2, -0.15) is 10.5 Å². The average Bonchev–Trinajstić information content (AvgIpc) is 2.28. The first-order valence-electron chi connectivity index (χ1n) is 4.72. The summed E-state index contributed by atoms with van der Waals surface area (Å²) in [7, 11) is 0. The van der Waals surface area contributed by atoms with Crippen LogP contribution in [0.15, 0.2) is 0 Å². The van der Waals surface area contributed by atoms with E-state index in [9.17, 15) is 4.79 Å². The molecule has 0 atom stereocenters. The number of ether oxygens (including phenoxy) is 2. The number of nitrogens with one attached hydrogen (secondary N) is 2. The van der Waals surface area contributed by atoms with Crippen molar-refractivity contribution in [2.75, 3.05) is 26.7 Å². The topological polar surface area (TPSA) is 107 Å². The Kier molecular flexibility index (Phi) is 9.96. The van der Waals surface area contributed by atoms with Crippen molar-refractivity contribution in [3.63, 3.8) is 0 Å². The smallest absolute Gasteiger partial charge is 0.318 e. The fraction of sp³-hybridized carbons (Fsp3) is 0.667. The van der Waals surface area contributed by atoms with E-state index >= 15 is 0 Å². The summed E-state index contributed by atoms with van der Waals surface area (Å²) in [6.45, 7) is 0.669. The van der Waals surface area contributed by atoms with Crippen LogP contribution >= 0.6 is 0 Å². The molecule has 0 fully saturated rings. The highest BCUT2D eigenvalue weighted by atomic mass is 16.5. The molecule has 0 radical (unpaired) electrons. The van der Waals surface area contributed by atoms with Gasteiger partial charge in [-0.3, -0.25) is 0 Å². The van der Waals surface area contributed by atoms with Gasteiger partial charge < -0.3 is 20.1 Å². The standard InChI is InChI=1S/C9H14N4O3/c10-3-1-5-15-7-12-9(14)13-8-16-6-2-4-11/h1-2,5-8H2,(H2,12,13,14). The number of rotatable bonds is 8. The summed E-state index contributed by atoms with van der Waals surface area (Å²) in [6.07, 6.45) is 0.584. The molecule has 7 nitrogen and oxygen atoms in total. The Hall–Kier alpha value is -1.83. The average molecular weight is 226 g/mol. The van der Waals surface area contributed by atoms with Crippen LogP contribution in [0.5, 0.6) is 0 Å². The van der Waals surface area contributed by atoms with Crippen molar-refractivity contribution in [3.8, 4) is 12.1 Å². The summed E-state index contributed by atoms with van der Waals surface area (Å²) in [5, 5.41) is 21.2. The van der Waals surface area contributed by atoms with Gasteiger partial charge in [-0.15, -0.1) is 0 Å². The third-order valence-corrected chi connectivity index (χ3v) is 1.39. The molecular formula is C9H14N4O3. The molecule has 0 aromatic heterocycles. The van der Waals surface area contributed by atoms with Gasteiger partial charge in [0.15, 0.2) is 0 Å². The van der Waals surface area contributed by atoms with Gasteiger partial charge in [0.2, 0.25) is 0 Å². The van der Waals surface area contributed by atoms with Crippen LogP contribution in [0.4, 0.5) is 4.79 Å². The van der Waals surface area contributed by atoms with Crippen LogP contribution in [0.2, 0.25) is 0 Å². The van der Waals surface area contributed by atoms with Crippen molar-refractivity contribution >= 4 is 6.03 Å². The van der Waals surface area contributed by atoms with Crippen LogP contribution in [0.3, 0.4) is 0 Å². The molecule has 0 saturated heterocycles. The maximum Gasteiger partial charge on any atom is 0.318 e. The normalized spacial score (nSPS) is 8.88. The molecule has 0 aliphatic rings. The number of hydrogen-bond donors (Lipinski definition) is 2. The molecule has 0 aromatic rings. The maximum atomic E-state index is 11.0. The predicted octanol–water partition coefficient (Wildman–Crippen LogP) is 0.0612. The van der Waals surface area contributed by atoms with Gasteiger partial charge in [-0.25, -0.2) is 4.79 Å². The number of nitriles is 2. The summed E-state index contributed by atoms with van der Waals surface area (Å²) >= 11 is 0. The predicted molar refractivity (Wildman–Crippen MR) is 53.8 cm³/mol. The monoisotopic (exact) mass is 226 g/mol. The van der Waals surface area contributed by atoms with E-state index in [1.165, 1.54) is 0 Å². The van der Waals surface area contributed by atoms with E-state index in [1.807, 2.05) is 12.1 Å². The van der Waals surface area contributed by atoms with Crippen molar-refractivity contribution in [3.05, 3.63) is 0 Å². The molecular weight excluding hydrogens is 212 g/mol. The summed E-state index contributed by atoms with van der Waals surface area (Å²) in [6, 6.07) is 3.40. The van der Waals surface area contributed by atoms with Gasteiger partial charge in [-0.1, -0.05) is 0 Å². The fourth-order valence-corrected chi connectivity index (χ4v) is 0.676. The molecule has 0 aliphatic carbocycles. The van der Waals surface area contributed by atoms with Gasteiger partial charge in [0.05, 0.1) is 38.2 Å². The van der Waals surface area contributed by atoms with Gasteiger partial charge in [-0.05, 0) is 0 Å². The van der Waals surface area contributed by atoms with Crippen LogP contribution in [-0.2, 0) is 9.47 Å². The van der Waals surface area contributed by atoms with E-state index in [0.717, 1.165) is 0 Å². The molecule has 0 aliphatic heterocycles. The lowest BCUT2D eigenvalue weighted by atomic mass is 10.5. The molecule has 0 aromatic carbocycles. The minimum Gasteiger partial charge on any atom is -0.360 e. The highest BCUT2D eigenvalue weighted by Crippen LogP contribution is 1.79. The van der Waals surface area contributed by atoms with Crippen molar-refractivity contribution in [1.29, 1.82) is 10.5 Å². The number of nitrogens with zero attached hydrogens (tertiary/aromatic N) is 2. The Labute approximate surface area is 93.9 Å². The molecule has 16 heavy (non-hydrogen) atoms. The molecule has 0 spiro atoms. The van der Waals surface area contributed by atoms with Crippen molar-refractivity contribution in [2.45, 2.75) is 12.8 Å². The molecule has 0 bridgehead atoms. The van der Waals surface area contributed by atoms with Crippen LogP contribution in [0, 0.1) is 22.7 Å². The summed E-state index contributed by atoms with van der Waals surface area (Å²) in [5.41, 5.74) is 0. The second kappa shape index (κ2) is 11.2. The third-order valence-electron chi connectivity index (χ3n) is 1.39. The van der Waals surface area contributed by atoms with Gasteiger partial charge >= 0.3 is 6.03 Å². The first-order valence-corrected chi connectivity index (χ1v) is 4.72. The number of carbonyl (C=O) groups excluding carboxylic acids is 1. The van der Waals surface area contributed by atoms with Crippen molar-refractivity contribution < 1.29 is 14.3 Å². The Bertz CT molecular complexity index is 243. The second-order valence-electron chi connectivity index (χ2n) is 2.60. The van der Waals surface area contributed by atoms with Crippen LogP contribution in [0.25, 0.3) is 0 Å². The van der Waals surface area contributed by atoms with Crippen molar-refractivity contribution in [2.24, 2.45) is 0 Å². The lowest BCUT2D eigenvalue weighted by Crippen LogP contribution is -2.38. The minimum atomic E-state index is -0.422. The Morgan fingerprint density at radius 2 is 1.44 bits per heavy atom. The van der Waals surface area contributed by atoms with Crippen LogP contribution < -0.4 is 10.6 Å². The van der Waals surface area contributed by atoms with E-state index in [2.05, 4.69) is 10.6 Å². The van der Waals surface area contributed by atoms with Crippen molar-refractivity contribution in [1.82, 2.24) is 10.6 Å². The quantitative estimate of drug-likeness (QED) is 0.449. The molecule has 7 heteroatoms. The minimum absolute atomic E-state index is 0.0473. The van der Waals surface area contributed by atoms with E-state index in [-0.39, 0.29) is 26.7 Å². The lowest BCUT2D eigenvalue weighted by molar-refractivity contribution is 0.110. The molecule has 0 heterocycles. The molecule has 2 amide bonds. The summed E-state index contributed by atoms with van der Waals surface area (Å²) < 4.78 is 9.82. The Morgan fingerprint density at radius 3 is 1.81 bits per heavy atom. The number of urea groups is 1. The first-order chi connectivity index (χ1) is 7.81. The highest BCUT2D eigenvalue weighted by Gasteiger charge is 1.97. The van der Waals surface area contributed by atoms with Gasteiger partial charge in [0.1, 0.15) is 13.5 Å². The van der Waals surface area contributed by atoms with Crippen LogP contribution in [-0.4, -0.2) is 32.7 Å². The van der Waals surface area contributed by atoms with E-state index < -0.39 is 6.03 Å². The zero-order valence-corrected chi connectivity index (χ0v) is 8.86. The zero-order chi connectivity index (χ0) is 12.1. The van der Waals surface area contributed by atoms with E-state index in [1.54, 1.807) is 0 Å². The third kappa shape index (κ3) is 10.3. The molecule has 0 unspecified atom stereocenters. The summed E-state index contributed by atoms with van der Waals surface area (Å²) in [4.78, 5) is 11.0. The SMILES string of the molecule is N#CCCOCNC(=O)NCOCCC#N. The van der Waals surface area contributed by atoms with Crippen LogP contribution in [0.1, 0.15) is 12.8 Å². The highest BCUT2D eigenvalue weighted by molar-refractivity contribution is 5.73. The number of hydrogen-bond acceptors (Lipinski definition) is 5. The fourth-order valence-electron chi connectivity index (χ4n) is 0.676. The molecule has 0 rings (SSSR count). The van der Waals surface area contributed by atoms with Gasteiger partial charge in [0, 0.05) is 0 Å². The van der Waals surface area contributed by atoms with E-state index in [0.29, 0.717) is 12.8 Å². The Morgan fingerprint density at radius 1 is 1.00 bits per heavy atom. The van der Waals surface area contributed by atoms with Gasteiger partial charge in [0.25, 0.3) is 0 Å². The second-order valence-corrected chi connectivity index (χ2v) is 2.60. The lowest BCUT2D eigenvalue weighted by Gasteiger charge is -2.07. The number of amides is 2. The Balaban J connectivity index is 3.19. The molecule has 88 valence electrons. The molecule has 2 N–H and O–H groups in total. The largest absolute Gasteiger partial charge is 0.360 e. The first kappa shape index (κ1) is 14.2. The molecule has 0 saturated carbocycles. The maximum absolute atomic E-state index is 11.0. The van der Waals surface area contributed by atoms with E-state index in [4.69, 9.17) is 20.0 Å². The zero-order valence-electron chi connectivity index (χ0n) is 8.86. The summed E-state index contributed by atoms with van der Waals surface area (Å²) in [5.74, 6) is 0.